The third kappa shape index (κ3) is 4.60. The lowest BCUT2D eigenvalue weighted by Crippen LogP contribution is -2.42. The van der Waals surface area contributed by atoms with Crippen LogP contribution in [0.25, 0.3) is 0 Å². The molecule has 2 rings (SSSR count). The number of aryl methyl sites for hydroxylation is 2. The van der Waals surface area contributed by atoms with Crippen molar-refractivity contribution in [2.45, 2.75) is 39.7 Å². The largest absolute Gasteiger partial charge is 0.337 e. The Kier molecular flexibility index (Phi) is 5.66. The Balaban J connectivity index is 1.94. The lowest BCUT2D eigenvalue weighted by Gasteiger charge is -2.27. The van der Waals surface area contributed by atoms with Gasteiger partial charge in [-0.15, -0.1) is 0 Å². The lowest BCUT2D eigenvalue weighted by molar-refractivity contribution is 0.204. The van der Waals surface area contributed by atoms with Gasteiger partial charge in [0.15, 0.2) is 0 Å². The quantitative estimate of drug-likeness (QED) is 0.867. The maximum absolute atomic E-state index is 12.4. The first-order chi connectivity index (χ1) is 11.3. The number of amides is 2. The predicted octanol–water partition coefficient (Wildman–Crippen LogP) is 4.42. The zero-order valence-corrected chi connectivity index (χ0v) is 15.4. The highest BCUT2D eigenvalue weighted by atomic mass is 16.2. The molecule has 0 saturated heterocycles. The number of hydrogen-bond donors (Lipinski definition) is 1. The highest BCUT2D eigenvalue weighted by Gasteiger charge is 2.22. The molecule has 0 aliphatic carbocycles. The molecule has 2 amide bonds. The zero-order valence-electron chi connectivity index (χ0n) is 15.4. The minimum atomic E-state index is -0.104. The van der Waals surface area contributed by atoms with Crippen LogP contribution in [-0.4, -0.2) is 24.5 Å². The maximum atomic E-state index is 12.4. The minimum Gasteiger partial charge on any atom is -0.337 e. The molecule has 128 valence electrons. The van der Waals surface area contributed by atoms with Crippen LogP contribution in [0.5, 0.6) is 0 Å². The van der Waals surface area contributed by atoms with E-state index in [-0.39, 0.29) is 11.4 Å². The smallest absolute Gasteiger partial charge is 0.317 e. The molecule has 0 heterocycles. The number of nitrogens with one attached hydrogen (secondary N) is 1. The second kappa shape index (κ2) is 7.52. The SMILES string of the molecule is Cc1ccc(C(C)(C)CNC(=O)N(C)Cc2ccccc2C)cc1. The van der Waals surface area contributed by atoms with Crippen LogP contribution in [-0.2, 0) is 12.0 Å². The number of hydrogen-bond acceptors (Lipinski definition) is 1. The number of urea groups is 1. The van der Waals surface area contributed by atoms with Gasteiger partial charge in [0, 0.05) is 25.6 Å². The second-order valence-corrected chi connectivity index (χ2v) is 7.19. The lowest BCUT2D eigenvalue weighted by atomic mass is 9.84. The molecule has 0 unspecified atom stereocenters. The van der Waals surface area contributed by atoms with Crippen molar-refractivity contribution in [2.24, 2.45) is 0 Å². The van der Waals surface area contributed by atoms with E-state index in [0.29, 0.717) is 13.1 Å². The van der Waals surface area contributed by atoms with Gasteiger partial charge in [0.05, 0.1) is 0 Å². The molecule has 2 aromatic carbocycles. The molecule has 1 N–H and O–H groups in total. The third-order valence-electron chi connectivity index (χ3n) is 4.53. The van der Waals surface area contributed by atoms with Gasteiger partial charge >= 0.3 is 6.03 Å². The van der Waals surface area contributed by atoms with Crippen molar-refractivity contribution in [3.05, 3.63) is 70.8 Å². The van der Waals surface area contributed by atoms with E-state index in [1.54, 1.807) is 4.90 Å². The first-order valence-corrected chi connectivity index (χ1v) is 8.40. The molecule has 0 atom stereocenters. The third-order valence-corrected chi connectivity index (χ3v) is 4.53. The van der Waals surface area contributed by atoms with Gasteiger partial charge < -0.3 is 10.2 Å². The summed E-state index contributed by atoms with van der Waals surface area (Å²) < 4.78 is 0. The normalized spacial score (nSPS) is 11.2. The summed E-state index contributed by atoms with van der Waals surface area (Å²) in [5, 5.41) is 3.06. The van der Waals surface area contributed by atoms with Crippen molar-refractivity contribution in [1.82, 2.24) is 10.2 Å². The molecule has 24 heavy (non-hydrogen) atoms. The van der Waals surface area contributed by atoms with Gasteiger partial charge in [0.1, 0.15) is 0 Å². The number of carbonyl (C=O) groups excluding carboxylic acids is 1. The molecule has 0 fully saturated rings. The van der Waals surface area contributed by atoms with Crippen molar-refractivity contribution in [3.63, 3.8) is 0 Å². The average molecular weight is 324 g/mol. The van der Waals surface area contributed by atoms with Crippen LogP contribution in [0.15, 0.2) is 48.5 Å². The van der Waals surface area contributed by atoms with Crippen LogP contribution in [0.3, 0.4) is 0 Å². The van der Waals surface area contributed by atoms with E-state index in [4.69, 9.17) is 0 Å². The summed E-state index contributed by atoms with van der Waals surface area (Å²) in [4.78, 5) is 14.1. The van der Waals surface area contributed by atoms with E-state index in [9.17, 15) is 4.79 Å². The van der Waals surface area contributed by atoms with Crippen molar-refractivity contribution in [2.75, 3.05) is 13.6 Å². The summed E-state index contributed by atoms with van der Waals surface area (Å²) in [5.41, 5.74) is 4.75. The van der Waals surface area contributed by atoms with Crippen molar-refractivity contribution in [3.8, 4) is 0 Å². The molecule has 0 spiro atoms. The monoisotopic (exact) mass is 324 g/mol. The van der Waals surface area contributed by atoms with Gasteiger partial charge in [-0.2, -0.15) is 0 Å². The van der Waals surface area contributed by atoms with Gasteiger partial charge in [-0.1, -0.05) is 67.9 Å². The fraction of sp³-hybridized carbons (Fsp3) is 0.381. The van der Waals surface area contributed by atoms with E-state index in [0.717, 1.165) is 0 Å². The molecule has 3 nitrogen and oxygen atoms in total. The minimum absolute atomic E-state index is 0.0431. The zero-order chi connectivity index (χ0) is 17.7. The summed E-state index contributed by atoms with van der Waals surface area (Å²) in [7, 11) is 1.83. The number of carbonyl (C=O) groups is 1. The standard InChI is InChI=1S/C21H28N2O/c1-16-10-12-19(13-11-16)21(3,4)15-22-20(24)23(5)14-18-9-7-6-8-17(18)2/h6-13H,14-15H2,1-5H3,(H,22,24). The highest BCUT2D eigenvalue weighted by Crippen LogP contribution is 2.22. The Hall–Kier alpha value is -2.29. The Labute approximate surface area is 145 Å². The molecular weight excluding hydrogens is 296 g/mol. The molecular formula is C21H28N2O. The average Bonchev–Trinajstić information content (AvgIpc) is 2.55. The number of rotatable bonds is 5. The first-order valence-electron chi connectivity index (χ1n) is 8.40. The summed E-state index contributed by atoms with van der Waals surface area (Å²) in [6, 6.07) is 16.6. The first kappa shape index (κ1) is 18.1. The van der Waals surface area contributed by atoms with Crippen LogP contribution >= 0.6 is 0 Å². The van der Waals surface area contributed by atoms with E-state index in [1.807, 2.05) is 19.2 Å². The second-order valence-electron chi connectivity index (χ2n) is 7.19. The molecule has 0 saturated carbocycles. The van der Waals surface area contributed by atoms with Crippen molar-refractivity contribution >= 4 is 6.03 Å². The van der Waals surface area contributed by atoms with E-state index in [2.05, 4.69) is 69.4 Å². The molecule has 0 aromatic heterocycles. The maximum Gasteiger partial charge on any atom is 0.317 e. The van der Waals surface area contributed by atoms with Crippen LogP contribution < -0.4 is 5.32 Å². The number of benzene rings is 2. The van der Waals surface area contributed by atoms with Crippen LogP contribution in [0, 0.1) is 13.8 Å². The molecule has 0 aliphatic heterocycles. The summed E-state index contributed by atoms with van der Waals surface area (Å²) in [6.45, 7) is 9.68. The Morgan fingerprint density at radius 1 is 1.04 bits per heavy atom. The van der Waals surface area contributed by atoms with Crippen LogP contribution in [0.4, 0.5) is 4.79 Å². The predicted molar refractivity (Wildman–Crippen MR) is 100 cm³/mol. The highest BCUT2D eigenvalue weighted by molar-refractivity contribution is 5.74. The van der Waals surface area contributed by atoms with Gasteiger partial charge in [-0.3, -0.25) is 0 Å². The molecule has 0 aliphatic rings. The molecule has 0 bridgehead atoms. The molecule has 3 heteroatoms. The summed E-state index contributed by atoms with van der Waals surface area (Å²) in [5.74, 6) is 0. The topological polar surface area (TPSA) is 32.3 Å². The molecule has 0 radical (unpaired) electrons. The van der Waals surface area contributed by atoms with E-state index >= 15 is 0 Å². The van der Waals surface area contributed by atoms with Crippen LogP contribution in [0.2, 0.25) is 0 Å². The fourth-order valence-corrected chi connectivity index (χ4v) is 2.65. The van der Waals surface area contributed by atoms with Gasteiger partial charge in [-0.25, -0.2) is 4.79 Å². The summed E-state index contributed by atoms with van der Waals surface area (Å²) >= 11 is 0. The fourth-order valence-electron chi connectivity index (χ4n) is 2.65. The van der Waals surface area contributed by atoms with E-state index in [1.165, 1.54) is 22.3 Å². The van der Waals surface area contributed by atoms with Gasteiger partial charge in [-0.05, 0) is 30.5 Å². The Bertz CT molecular complexity index is 689. The van der Waals surface area contributed by atoms with E-state index < -0.39 is 0 Å². The Morgan fingerprint density at radius 3 is 2.29 bits per heavy atom. The Morgan fingerprint density at radius 2 is 1.67 bits per heavy atom. The van der Waals surface area contributed by atoms with Gasteiger partial charge in [0.25, 0.3) is 0 Å². The van der Waals surface area contributed by atoms with Gasteiger partial charge in [0.2, 0.25) is 0 Å². The number of nitrogens with zero attached hydrogens (tertiary/aromatic N) is 1. The van der Waals surface area contributed by atoms with Crippen molar-refractivity contribution < 1.29 is 4.79 Å². The molecule has 2 aromatic rings. The van der Waals surface area contributed by atoms with Crippen molar-refractivity contribution in [1.29, 1.82) is 0 Å². The van der Waals surface area contributed by atoms with Crippen LogP contribution in [0.1, 0.15) is 36.1 Å². The summed E-state index contributed by atoms with van der Waals surface area (Å²) in [6.07, 6.45) is 0.